The summed E-state index contributed by atoms with van der Waals surface area (Å²) in [6, 6.07) is 1.56. The van der Waals surface area contributed by atoms with Gasteiger partial charge in [0, 0.05) is 12.6 Å². The van der Waals surface area contributed by atoms with Gasteiger partial charge in [0.2, 0.25) is 10.0 Å². The summed E-state index contributed by atoms with van der Waals surface area (Å²) in [7, 11) is -1.77. The number of hydrogen-bond donors (Lipinski definition) is 2. The molecule has 2 rings (SSSR count). The minimum Gasteiger partial charge on any atom is -0.464 e. The van der Waals surface area contributed by atoms with Gasteiger partial charge >= 0.3 is 0 Å². The van der Waals surface area contributed by atoms with Crippen LogP contribution in [0.5, 0.6) is 0 Å². The van der Waals surface area contributed by atoms with Gasteiger partial charge in [0.1, 0.15) is 16.4 Å². The molecule has 2 aromatic rings. The largest absolute Gasteiger partial charge is 0.464 e. The molecule has 0 aliphatic carbocycles. The lowest BCUT2D eigenvalue weighted by Crippen LogP contribution is -2.23. The van der Waals surface area contributed by atoms with Crippen LogP contribution in [0.4, 0.5) is 0 Å². The first kappa shape index (κ1) is 15.2. The molecule has 0 atom stereocenters. The lowest BCUT2D eigenvalue weighted by atomic mass is 10.2. The molecular weight excluding hydrogens is 296 g/mol. The number of hydrogen-bond acceptors (Lipinski definition) is 5. The molecule has 7 heteroatoms. The number of nitrogens with one attached hydrogen (secondary N) is 2. The van der Waals surface area contributed by atoms with Gasteiger partial charge in [0.05, 0.1) is 6.54 Å². The van der Waals surface area contributed by atoms with E-state index in [0.29, 0.717) is 24.6 Å². The average Bonchev–Trinajstić information content (AvgIpc) is 2.94. The summed E-state index contributed by atoms with van der Waals surface area (Å²) in [5.41, 5.74) is 2.09. The molecule has 0 spiro atoms. The maximum Gasteiger partial charge on any atom is 0.244 e. The van der Waals surface area contributed by atoms with E-state index in [0.717, 1.165) is 11.1 Å². The van der Waals surface area contributed by atoms with Gasteiger partial charge < -0.3 is 9.73 Å². The normalized spacial score (nSPS) is 11.9. The Balaban J connectivity index is 2.16. The molecule has 0 radical (unpaired) electrons. The van der Waals surface area contributed by atoms with Crippen molar-refractivity contribution in [2.24, 2.45) is 0 Å². The van der Waals surface area contributed by atoms with E-state index in [4.69, 9.17) is 4.42 Å². The van der Waals surface area contributed by atoms with E-state index in [9.17, 15) is 8.42 Å². The van der Waals surface area contributed by atoms with Gasteiger partial charge in [0.25, 0.3) is 0 Å². The minimum atomic E-state index is -3.55. The van der Waals surface area contributed by atoms with Gasteiger partial charge in [-0.25, -0.2) is 13.1 Å². The predicted octanol–water partition coefficient (Wildman–Crippen LogP) is 2.16. The highest BCUT2D eigenvalue weighted by Crippen LogP contribution is 2.21. The summed E-state index contributed by atoms with van der Waals surface area (Å²) < 4.78 is 32.6. The molecule has 0 saturated heterocycles. The topological polar surface area (TPSA) is 71.3 Å². The summed E-state index contributed by atoms with van der Waals surface area (Å²) in [4.78, 5) is 0.204. The van der Waals surface area contributed by atoms with Gasteiger partial charge in [-0.05, 0) is 42.8 Å². The molecule has 2 N–H and O–H groups in total. The quantitative estimate of drug-likeness (QED) is 0.857. The Kier molecular flexibility index (Phi) is 4.64. The third-order valence-corrected chi connectivity index (χ3v) is 5.40. The van der Waals surface area contributed by atoms with Crippen LogP contribution in [0.15, 0.2) is 26.1 Å². The summed E-state index contributed by atoms with van der Waals surface area (Å²) in [6.07, 6.45) is 0. The zero-order valence-corrected chi connectivity index (χ0v) is 13.3. The predicted molar refractivity (Wildman–Crippen MR) is 79.3 cm³/mol. The van der Waals surface area contributed by atoms with E-state index in [1.807, 2.05) is 17.7 Å². The lowest BCUT2D eigenvalue weighted by molar-refractivity contribution is 0.465. The van der Waals surface area contributed by atoms with E-state index in [1.165, 1.54) is 0 Å². The molecule has 0 bridgehead atoms. The lowest BCUT2D eigenvalue weighted by Gasteiger charge is -2.05. The second kappa shape index (κ2) is 6.09. The third kappa shape index (κ3) is 3.29. The van der Waals surface area contributed by atoms with E-state index in [1.54, 1.807) is 31.4 Å². The smallest absolute Gasteiger partial charge is 0.244 e. The zero-order chi connectivity index (χ0) is 14.8. The molecule has 0 aromatic carbocycles. The molecule has 5 nitrogen and oxygen atoms in total. The van der Waals surface area contributed by atoms with Gasteiger partial charge in [-0.3, -0.25) is 0 Å². The Bertz CT molecular complexity index is 686. The molecule has 0 amide bonds. The molecule has 0 unspecified atom stereocenters. The fourth-order valence-corrected chi connectivity index (χ4v) is 3.94. The van der Waals surface area contributed by atoms with E-state index in [-0.39, 0.29) is 4.90 Å². The van der Waals surface area contributed by atoms with Crippen LogP contribution in [0.2, 0.25) is 0 Å². The summed E-state index contributed by atoms with van der Waals surface area (Å²) in [6.45, 7) is 4.42. The molecule has 0 fully saturated rings. The number of rotatable bonds is 6. The van der Waals surface area contributed by atoms with Crippen molar-refractivity contribution in [3.05, 3.63) is 39.5 Å². The number of sulfonamides is 1. The van der Waals surface area contributed by atoms with Crippen molar-refractivity contribution in [3.63, 3.8) is 0 Å². The summed E-state index contributed by atoms with van der Waals surface area (Å²) >= 11 is 1.56. The van der Waals surface area contributed by atoms with Crippen LogP contribution in [0.1, 0.15) is 22.6 Å². The Labute approximate surface area is 123 Å². The van der Waals surface area contributed by atoms with Crippen molar-refractivity contribution in [1.82, 2.24) is 10.0 Å². The Morgan fingerprint density at radius 2 is 2.00 bits per heavy atom. The summed E-state index contributed by atoms with van der Waals surface area (Å²) in [5, 5.41) is 6.88. The van der Waals surface area contributed by atoms with Crippen molar-refractivity contribution in [1.29, 1.82) is 0 Å². The van der Waals surface area contributed by atoms with Gasteiger partial charge in [0.15, 0.2) is 0 Å². The number of aryl methyl sites for hydroxylation is 2. The molecule has 110 valence electrons. The molecule has 0 aliphatic rings. The molecular formula is C13H18N2O3S2. The molecule has 0 aliphatic heterocycles. The van der Waals surface area contributed by atoms with Crippen LogP contribution in [0, 0.1) is 13.8 Å². The monoisotopic (exact) mass is 314 g/mol. The highest BCUT2D eigenvalue weighted by Gasteiger charge is 2.21. The SMILES string of the molecule is CNCc1cc(S(=O)(=O)NCc2cscc2C)c(C)o1. The Hall–Kier alpha value is -1.15. The van der Waals surface area contributed by atoms with Crippen molar-refractivity contribution in [2.75, 3.05) is 7.05 Å². The molecule has 2 heterocycles. The molecule has 20 heavy (non-hydrogen) atoms. The van der Waals surface area contributed by atoms with Crippen LogP contribution in [-0.4, -0.2) is 15.5 Å². The van der Waals surface area contributed by atoms with Gasteiger partial charge in [-0.2, -0.15) is 11.3 Å². The fourth-order valence-electron chi connectivity index (χ4n) is 1.87. The van der Waals surface area contributed by atoms with Crippen LogP contribution < -0.4 is 10.0 Å². The number of thiophene rings is 1. The molecule has 2 aromatic heterocycles. The third-order valence-electron chi connectivity index (χ3n) is 2.98. The summed E-state index contributed by atoms with van der Waals surface area (Å²) in [5.74, 6) is 1.02. The van der Waals surface area contributed by atoms with Crippen LogP contribution in [-0.2, 0) is 23.1 Å². The Morgan fingerprint density at radius 1 is 1.25 bits per heavy atom. The van der Waals surface area contributed by atoms with Crippen LogP contribution in [0.3, 0.4) is 0 Å². The molecule has 0 saturated carbocycles. The Morgan fingerprint density at radius 3 is 2.60 bits per heavy atom. The zero-order valence-electron chi connectivity index (χ0n) is 11.7. The first-order valence-electron chi connectivity index (χ1n) is 6.19. The average molecular weight is 314 g/mol. The highest BCUT2D eigenvalue weighted by atomic mass is 32.2. The maximum atomic E-state index is 12.3. The second-order valence-corrected chi connectivity index (χ2v) is 7.05. The number of furan rings is 1. The second-order valence-electron chi connectivity index (χ2n) is 4.57. The van der Waals surface area contributed by atoms with E-state index < -0.39 is 10.0 Å². The minimum absolute atomic E-state index is 0.204. The van der Waals surface area contributed by atoms with Crippen molar-refractivity contribution in [2.45, 2.75) is 31.8 Å². The van der Waals surface area contributed by atoms with Crippen molar-refractivity contribution < 1.29 is 12.8 Å². The van der Waals surface area contributed by atoms with Crippen LogP contribution in [0.25, 0.3) is 0 Å². The first-order valence-corrected chi connectivity index (χ1v) is 8.62. The fraction of sp³-hybridized carbons (Fsp3) is 0.385. The van der Waals surface area contributed by atoms with Crippen molar-refractivity contribution in [3.8, 4) is 0 Å². The highest BCUT2D eigenvalue weighted by molar-refractivity contribution is 7.89. The maximum absolute atomic E-state index is 12.3. The van der Waals surface area contributed by atoms with E-state index in [2.05, 4.69) is 10.0 Å². The van der Waals surface area contributed by atoms with Crippen molar-refractivity contribution >= 4 is 21.4 Å². The van der Waals surface area contributed by atoms with E-state index >= 15 is 0 Å². The van der Waals surface area contributed by atoms with Crippen LogP contribution >= 0.6 is 11.3 Å². The standard InChI is InChI=1S/C13H18N2O3S2/c1-9-7-19-8-11(9)5-15-20(16,17)13-4-12(6-14-3)18-10(13)2/h4,7-8,14-15H,5-6H2,1-3H3. The van der Waals surface area contributed by atoms with Gasteiger partial charge in [-0.15, -0.1) is 0 Å². The first-order chi connectivity index (χ1) is 9.44. The van der Waals surface area contributed by atoms with Gasteiger partial charge in [-0.1, -0.05) is 0 Å².